The first kappa shape index (κ1) is 10.0. The molecule has 0 nitrogen and oxygen atoms in total. The van der Waals surface area contributed by atoms with Crippen LogP contribution < -0.4 is 0 Å². The Labute approximate surface area is 108 Å². The van der Waals surface area contributed by atoms with Gasteiger partial charge in [-0.2, -0.15) is 0 Å². The largest absolute Gasteiger partial charge is 0.147 e. The third-order valence-corrected chi connectivity index (χ3v) is 6.89. The summed E-state index contributed by atoms with van der Waals surface area (Å²) in [5, 5.41) is 4.28. The van der Waals surface area contributed by atoms with Crippen LogP contribution in [0.2, 0.25) is 0 Å². The number of hydrogen-bond donors (Lipinski definition) is 0. The minimum atomic E-state index is 0.363. The van der Waals surface area contributed by atoms with Crippen molar-refractivity contribution in [2.75, 3.05) is 0 Å². The molecule has 0 fully saturated rings. The van der Waals surface area contributed by atoms with E-state index < -0.39 is 0 Å². The fourth-order valence-electron chi connectivity index (χ4n) is 1.49. The van der Waals surface area contributed by atoms with Gasteiger partial charge in [0.15, 0.2) is 0 Å². The second kappa shape index (κ2) is 4.01. The zero-order valence-corrected chi connectivity index (χ0v) is 11.7. The molecule has 1 unspecified atom stereocenters. The molecule has 4 heteroatoms. The zero-order chi connectivity index (χ0) is 10.3. The standard InChI is InChI=1S/C11H7BrS3/c12-11(8-2-1-4-13-8)10-6-9-7(15-10)3-5-14-9/h1-6,11H. The van der Waals surface area contributed by atoms with Gasteiger partial charge in [-0.3, -0.25) is 0 Å². The first-order valence-electron chi connectivity index (χ1n) is 4.49. The molecule has 3 heterocycles. The Hall–Kier alpha value is -0.160. The van der Waals surface area contributed by atoms with Crippen molar-refractivity contribution in [3.63, 3.8) is 0 Å². The molecule has 0 N–H and O–H groups in total. The number of halogens is 1. The fraction of sp³-hybridized carbons (Fsp3) is 0.0909. The summed E-state index contributed by atoms with van der Waals surface area (Å²) in [5.74, 6) is 0. The van der Waals surface area contributed by atoms with Gasteiger partial charge >= 0.3 is 0 Å². The second-order valence-corrected chi connectivity index (χ2v) is 7.13. The van der Waals surface area contributed by atoms with Crippen LogP contribution in [-0.4, -0.2) is 0 Å². The monoisotopic (exact) mass is 314 g/mol. The minimum Gasteiger partial charge on any atom is -0.147 e. The predicted octanol–water partition coefficient (Wildman–Crippen LogP) is 5.51. The molecule has 0 saturated heterocycles. The van der Waals surface area contributed by atoms with E-state index in [4.69, 9.17) is 0 Å². The van der Waals surface area contributed by atoms with E-state index in [1.165, 1.54) is 19.2 Å². The smallest absolute Gasteiger partial charge is 0.0831 e. The van der Waals surface area contributed by atoms with E-state index in [0.717, 1.165) is 0 Å². The Bertz CT molecular complexity index is 533. The lowest BCUT2D eigenvalue weighted by atomic mass is 10.3. The summed E-state index contributed by atoms with van der Waals surface area (Å²) in [6.07, 6.45) is 0. The average Bonchev–Trinajstić information content (AvgIpc) is 2.92. The van der Waals surface area contributed by atoms with Crippen LogP contribution in [-0.2, 0) is 0 Å². The molecule has 15 heavy (non-hydrogen) atoms. The van der Waals surface area contributed by atoms with Crippen molar-refractivity contribution in [1.29, 1.82) is 0 Å². The molecule has 0 bridgehead atoms. The molecule has 0 spiro atoms. The van der Waals surface area contributed by atoms with Crippen LogP contribution in [0.1, 0.15) is 14.6 Å². The van der Waals surface area contributed by atoms with Crippen molar-refractivity contribution in [2.45, 2.75) is 4.83 Å². The highest BCUT2D eigenvalue weighted by atomic mass is 79.9. The molecule has 0 aliphatic carbocycles. The lowest BCUT2D eigenvalue weighted by Gasteiger charge is -2.02. The van der Waals surface area contributed by atoms with Crippen molar-refractivity contribution in [1.82, 2.24) is 0 Å². The second-order valence-electron chi connectivity index (χ2n) is 3.18. The number of hydrogen-bond acceptors (Lipinski definition) is 3. The van der Waals surface area contributed by atoms with Crippen molar-refractivity contribution in [3.8, 4) is 0 Å². The highest BCUT2D eigenvalue weighted by Gasteiger charge is 2.14. The van der Waals surface area contributed by atoms with Gasteiger partial charge in [0.2, 0.25) is 0 Å². The highest BCUT2D eigenvalue weighted by molar-refractivity contribution is 9.09. The van der Waals surface area contributed by atoms with Gasteiger partial charge in [0, 0.05) is 19.2 Å². The Morgan fingerprint density at radius 3 is 2.67 bits per heavy atom. The van der Waals surface area contributed by atoms with Crippen molar-refractivity contribution in [2.24, 2.45) is 0 Å². The van der Waals surface area contributed by atoms with E-state index in [1.54, 1.807) is 11.3 Å². The summed E-state index contributed by atoms with van der Waals surface area (Å²) in [6.45, 7) is 0. The van der Waals surface area contributed by atoms with Gasteiger partial charge in [-0.05, 0) is 29.0 Å². The van der Waals surface area contributed by atoms with Crippen molar-refractivity contribution < 1.29 is 0 Å². The molecule has 3 aromatic heterocycles. The number of alkyl halides is 1. The van der Waals surface area contributed by atoms with E-state index in [2.05, 4.69) is 51.0 Å². The van der Waals surface area contributed by atoms with Gasteiger partial charge in [-0.25, -0.2) is 0 Å². The van der Waals surface area contributed by atoms with Gasteiger partial charge < -0.3 is 0 Å². The van der Waals surface area contributed by atoms with Crippen LogP contribution in [0.15, 0.2) is 35.0 Å². The number of rotatable bonds is 2. The zero-order valence-electron chi connectivity index (χ0n) is 7.64. The van der Waals surface area contributed by atoms with Crippen molar-refractivity contribution in [3.05, 3.63) is 44.8 Å². The van der Waals surface area contributed by atoms with Crippen LogP contribution in [0, 0.1) is 0 Å². The molecule has 0 radical (unpaired) electrons. The molecule has 76 valence electrons. The average molecular weight is 315 g/mol. The summed E-state index contributed by atoms with van der Waals surface area (Å²) in [5.41, 5.74) is 0. The van der Waals surface area contributed by atoms with Crippen LogP contribution in [0.3, 0.4) is 0 Å². The van der Waals surface area contributed by atoms with Gasteiger partial charge in [0.25, 0.3) is 0 Å². The summed E-state index contributed by atoms with van der Waals surface area (Å²) in [6, 6.07) is 8.77. The van der Waals surface area contributed by atoms with Gasteiger partial charge in [-0.1, -0.05) is 22.0 Å². The van der Waals surface area contributed by atoms with Gasteiger partial charge in [0.1, 0.15) is 0 Å². The first-order chi connectivity index (χ1) is 7.34. The molecule has 3 rings (SSSR count). The highest BCUT2D eigenvalue weighted by Crippen LogP contribution is 2.41. The summed E-state index contributed by atoms with van der Waals surface area (Å²) in [4.78, 5) is 3.14. The molecule has 0 aromatic carbocycles. The molecule has 0 aliphatic rings. The molecule has 0 saturated carbocycles. The third kappa shape index (κ3) is 1.80. The Morgan fingerprint density at radius 2 is 1.93 bits per heavy atom. The van der Waals surface area contributed by atoms with E-state index in [1.807, 2.05) is 22.7 Å². The Balaban J connectivity index is 2.03. The molecule has 1 atom stereocenters. The Morgan fingerprint density at radius 1 is 1.00 bits per heavy atom. The lowest BCUT2D eigenvalue weighted by Crippen LogP contribution is -1.83. The Kier molecular flexibility index (Phi) is 2.68. The first-order valence-corrected chi connectivity index (χ1v) is 7.98. The normalized spacial score (nSPS) is 13.4. The van der Waals surface area contributed by atoms with E-state index in [0.29, 0.717) is 4.83 Å². The summed E-state index contributed by atoms with van der Waals surface area (Å²) in [7, 11) is 0. The summed E-state index contributed by atoms with van der Waals surface area (Å²) >= 11 is 9.26. The van der Waals surface area contributed by atoms with Crippen LogP contribution in [0.5, 0.6) is 0 Å². The number of fused-ring (bicyclic) bond motifs is 1. The maximum atomic E-state index is 3.76. The summed E-state index contributed by atoms with van der Waals surface area (Å²) < 4.78 is 2.80. The van der Waals surface area contributed by atoms with E-state index in [-0.39, 0.29) is 0 Å². The third-order valence-electron chi connectivity index (χ3n) is 2.20. The van der Waals surface area contributed by atoms with Crippen LogP contribution >= 0.6 is 49.9 Å². The van der Waals surface area contributed by atoms with Gasteiger partial charge in [-0.15, -0.1) is 34.0 Å². The lowest BCUT2D eigenvalue weighted by molar-refractivity contribution is 1.29. The minimum absolute atomic E-state index is 0.363. The van der Waals surface area contributed by atoms with Crippen LogP contribution in [0.25, 0.3) is 9.40 Å². The molecular weight excluding hydrogens is 308 g/mol. The molecule has 0 amide bonds. The topological polar surface area (TPSA) is 0 Å². The molecular formula is C11H7BrS3. The quantitative estimate of drug-likeness (QED) is 0.547. The van der Waals surface area contributed by atoms with E-state index in [9.17, 15) is 0 Å². The van der Waals surface area contributed by atoms with E-state index >= 15 is 0 Å². The maximum Gasteiger partial charge on any atom is 0.0831 e. The maximum absolute atomic E-state index is 3.76. The predicted molar refractivity (Wildman–Crippen MR) is 74.8 cm³/mol. The molecule has 0 aliphatic heterocycles. The fourth-order valence-corrected chi connectivity index (χ4v) is 5.28. The van der Waals surface area contributed by atoms with Gasteiger partial charge in [0.05, 0.1) is 4.83 Å². The SMILES string of the molecule is BrC(c1cccs1)c1cc2sccc2s1. The molecule has 3 aromatic rings. The number of thiophene rings is 3. The van der Waals surface area contributed by atoms with Crippen LogP contribution in [0.4, 0.5) is 0 Å². The van der Waals surface area contributed by atoms with Crippen molar-refractivity contribution >= 4 is 59.3 Å².